The van der Waals surface area contributed by atoms with Crippen LogP contribution in [-0.4, -0.2) is 6.04 Å². The molecule has 1 unspecified atom stereocenters. The van der Waals surface area contributed by atoms with Crippen molar-refractivity contribution in [3.63, 3.8) is 0 Å². The molecule has 1 heteroatoms. The lowest BCUT2D eigenvalue weighted by atomic mass is 10.0. The van der Waals surface area contributed by atoms with Crippen LogP contribution in [0, 0.1) is 13.8 Å². The third-order valence-electron chi connectivity index (χ3n) is 4.07. The largest absolute Gasteiger partial charge is 0.310 e. The van der Waals surface area contributed by atoms with Gasteiger partial charge in [0.05, 0.1) is 0 Å². The van der Waals surface area contributed by atoms with Gasteiger partial charge in [-0.3, -0.25) is 0 Å². The number of benzene rings is 2. The molecule has 0 amide bonds. The predicted molar refractivity (Wildman–Crippen MR) is 87.0 cm³/mol. The summed E-state index contributed by atoms with van der Waals surface area (Å²) in [5, 5.41) is 3.64. The van der Waals surface area contributed by atoms with Crippen molar-refractivity contribution in [3.05, 3.63) is 70.8 Å². The smallest absolute Gasteiger partial charge is 0.0210 e. The minimum atomic E-state index is 0.537. The van der Waals surface area contributed by atoms with E-state index < -0.39 is 0 Å². The van der Waals surface area contributed by atoms with Crippen LogP contribution in [0.1, 0.15) is 35.6 Å². The van der Waals surface area contributed by atoms with Crippen molar-refractivity contribution < 1.29 is 0 Å². The molecule has 0 aliphatic carbocycles. The molecule has 0 saturated carbocycles. The molecule has 2 aromatic carbocycles. The Morgan fingerprint density at radius 3 is 2.45 bits per heavy atom. The molecule has 106 valence electrons. The maximum Gasteiger partial charge on any atom is 0.0210 e. The van der Waals surface area contributed by atoms with Crippen molar-refractivity contribution in [2.45, 2.75) is 46.2 Å². The summed E-state index contributed by atoms with van der Waals surface area (Å²) < 4.78 is 0. The molecule has 0 heterocycles. The van der Waals surface area contributed by atoms with E-state index >= 15 is 0 Å². The van der Waals surface area contributed by atoms with Gasteiger partial charge in [0.25, 0.3) is 0 Å². The maximum absolute atomic E-state index is 3.64. The van der Waals surface area contributed by atoms with Crippen LogP contribution in [0.5, 0.6) is 0 Å². The van der Waals surface area contributed by atoms with Gasteiger partial charge in [-0.1, -0.05) is 48.5 Å². The van der Waals surface area contributed by atoms with E-state index in [1.807, 2.05) is 0 Å². The van der Waals surface area contributed by atoms with Crippen molar-refractivity contribution in [2.24, 2.45) is 0 Å². The van der Waals surface area contributed by atoms with Gasteiger partial charge in [-0.05, 0) is 55.9 Å². The molecule has 0 aliphatic rings. The second-order valence-electron chi connectivity index (χ2n) is 5.67. The van der Waals surface area contributed by atoms with Gasteiger partial charge in [0.15, 0.2) is 0 Å². The Morgan fingerprint density at radius 2 is 1.70 bits per heavy atom. The fourth-order valence-corrected chi connectivity index (χ4v) is 2.42. The Labute approximate surface area is 123 Å². The van der Waals surface area contributed by atoms with E-state index in [9.17, 15) is 0 Å². The highest BCUT2D eigenvalue weighted by molar-refractivity contribution is 5.32. The summed E-state index contributed by atoms with van der Waals surface area (Å²) in [6.07, 6.45) is 2.32. The molecule has 1 nitrogen and oxygen atoms in total. The van der Waals surface area contributed by atoms with E-state index in [4.69, 9.17) is 0 Å². The van der Waals surface area contributed by atoms with Gasteiger partial charge in [-0.2, -0.15) is 0 Å². The Bertz CT molecular complexity index is 531. The van der Waals surface area contributed by atoms with E-state index in [1.54, 1.807) is 0 Å². The molecule has 0 bridgehead atoms. The van der Waals surface area contributed by atoms with Gasteiger partial charge in [-0.25, -0.2) is 0 Å². The van der Waals surface area contributed by atoms with Crippen LogP contribution in [0.4, 0.5) is 0 Å². The first kappa shape index (κ1) is 14.8. The summed E-state index contributed by atoms with van der Waals surface area (Å²) in [5.74, 6) is 0. The van der Waals surface area contributed by atoms with Gasteiger partial charge in [0.2, 0.25) is 0 Å². The van der Waals surface area contributed by atoms with E-state index in [-0.39, 0.29) is 0 Å². The molecule has 20 heavy (non-hydrogen) atoms. The Balaban J connectivity index is 1.80. The highest BCUT2D eigenvalue weighted by Crippen LogP contribution is 2.13. The average Bonchev–Trinajstić information content (AvgIpc) is 2.48. The average molecular weight is 267 g/mol. The van der Waals surface area contributed by atoms with Gasteiger partial charge < -0.3 is 5.32 Å². The molecule has 0 spiro atoms. The molecule has 2 aromatic rings. The highest BCUT2D eigenvalue weighted by Gasteiger charge is 2.04. The van der Waals surface area contributed by atoms with Crippen molar-refractivity contribution in [2.75, 3.05) is 0 Å². The van der Waals surface area contributed by atoms with Crippen LogP contribution < -0.4 is 5.32 Å². The fraction of sp³-hybridized carbons (Fsp3) is 0.368. The molecule has 1 atom stereocenters. The van der Waals surface area contributed by atoms with Gasteiger partial charge in [0, 0.05) is 12.6 Å². The SMILES string of the molecule is Cc1cccc(CNC(C)CCc2ccccc2)c1C. The number of nitrogens with one attached hydrogen (secondary N) is 1. The summed E-state index contributed by atoms with van der Waals surface area (Å²) in [6, 6.07) is 17.8. The monoisotopic (exact) mass is 267 g/mol. The minimum absolute atomic E-state index is 0.537. The van der Waals surface area contributed by atoms with Crippen molar-refractivity contribution in [1.29, 1.82) is 0 Å². The number of rotatable bonds is 6. The molecule has 0 aromatic heterocycles. The minimum Gasteiger partial charge on any atom is -0.310 e. The zero-order valence-electron chi connectivity index (χ0n) is 12.8. The number of hydrogen-bond donors (Lipinski definition) is 1. The van der Waals surface area contributed by atoms with Crippen molar-refractivity contribution in [1.82, 2.24) is 5.32 Å². The molecule has 0 fully saturated rings. The van der Waals surface area contributed by atoms with E-state index in [0.29, 0.717) is 6.04 Å². The zero-order valence-corrected chi connectivity index (χ0v) is 12.8. The quantitative estimate of drug-likeness (QED) is 0.817. The summed E-state index contributed by atoms with van der Waals surface area (Å²) in [4.78, 5) is 0. The molecule has 0 aliphatic heterocycles. The number of hydrogen-bond acceptors (Lipinski definition) is 1. The third kappa shape index (κ3) is 4.21. The van der Waals surface area contributed by atoms with Crippen LogP contribution in [0.2, 0.25) is 0 Å². The summed E-state index contributed by atoms with van der Waals surface area (Å²) in [6.45, 7) is 7.62. The predicted octanol–water partition coefficient (Wildman–Crippen LogP) is 4.41. The lowest BCUT2D eigenvalue weighted by Gasteiger charge is -2.15. The zero-order chi connectivity index (χ0) is 14.4. The van der Waals surface area contributed by atoms with Gasteiger partial charge in [-0.15, -0.1) is 0 Å². The second kappa shape index (κ2) is 7.25. The Kier molecular flexibility index (Phi) is 5.37. The summed E-state index contributed by atoms with van der Waals surface area (Å²) in [5.41, 5.74) is 5.63. The maximum atomic E-state index is 3.64. The van der Waals surface area contributed by atoms with E-state index in [1.165, 1.54) is 28.7 Å². The highest BCUT2D eigenvalue weighted by atomic mass is 14.9. The molecule has 0 radical (unpaired) electrons. The fourth-order valence-electron chi connectivity index (χ4n) is 2.42. The Morgan fingerprint density at radius 1 is 0.950 bits per heavy atom. The van der Waals surface area contributed by atoms with Gasteiger partial charge in [0.1, 0.15) is 0 Å². The molecule has 2 rings (SSSR count). The molecule has 0 saturated heterocycles. The first-order valence-corrected chi connectivity index (χ1v) is 7.49. The number of aryl methyl sites for hydroxylation is 2. The molecular weight excluding hydrogens is 242 g/mol. The summed E-state index contributed by atoms with van der Waals surface area (Å²) in [7, 11) is 0. The Hall–Kier alpha value is -1.60. The topological polar surface area (TPSA) is 12.0 Å². The van der Waals surface area contributed by atoms with E-state index in [0.717, 1.165) is 13.0 Å². The lowest BCUT2D eigenvalue weighted by molar-refractivity contribution is 0.513. The molecular formula is C19H25N. The normalized spacial score (nSPS) is 12.3. The lowest BCUT2D eigenvalue weighted by Crippen LogP contribution is -2.26. The van der Waals surface area contributed by atoms with Crippen LogP contribution in [0.25, 0.3) is 0 Å². The van der Waals surface area contributed by atoms with Crippen molar-refractivity contribution >= 4 is 0 Å². The van der Waals surface area contributed by atoms with Crippen molar-refractivity contribution in [3.8, 4) is 0 Å². The van der Waals surface area contributed by atoms with Crippen LogP contribution in [0.15, 0.2) is 48.5 Å². The summed E-state index contributed by atoms with van der Waals surface area (Å²) >= 11 is 0. The van der Waals surface area contributed by atoms with E-state index in [2.05, 4.69) is 74.6 Å². The molecule has 1 N–H and O–H groups in total. The third-order valence-corrected chi connectivity index (χ3v) is 4.07. The first-order valence-electron chi connectivity index (χ1n) is 7.49. The second-order valence-corrected chi connectivity index (χ2v) is 5.67. The van der Waals surface area contributed by atoms with Crippen LogP contribution >= 0.6 is 0 Å². The first-order chi connectivity index (χ1) is 9.66. The van der Waals surface area contributed by atoms with Crippen LogP contribution in [-0.2, 0) is 13.0 Å². The van der Waals surface area contributed by atoms with Gasteiger partial charge >= 0.3 is 0 Å². The van der Waals surface area contributed by atoms with Crippen LogP contribution in [0.3, 0.4) is 0 Å². The standard InChI is InChI=1S/C19H25N/c1-15-8-7-11-19(17(15)3)14-20-16(2)12-13-18-9-5-4-6-10-18/h4-11,16,20H,12-14H2,1-3H3.